The molecular formula is C8H9BrN4S. The highest BCUT2D eigenvalue weighted by Gasteiger charge is 2.05. The minimum atomic E-state index is 0.680. The van der Waals surface area contributed by atoms with Crippen LogP contribution in [0, 0.1) is 6.92 Å². The van der Waals surface area contributed by atoms with Gasteiger partial charge in [0.05, 0.1) is 34.1 Å². The van der Waals surface area contributed by atoms with Crippen LogP contribution in [0.2, 0.25) is 0 Å². The molecule has 2 rings (SSSR count). The average molecular weight is 273 g/mol. The van der Waals surface area contributed by atoms with Gasteiger partial charge >= 0.3 is 0 Å². The first kappa shape index (κ1) is 9.67. The van der Waals surface area contributed by atoms with Gasteiger partial charge in [0.1, 0.15) is 5.01 Å². The monoisotopic (exact) mass is 272 g/mol. The lowest BCUT2D eigenvalue weighted by Crippen LogP contribution is -2.03. The zero-order chi connectivity index (χ0) is 10.1. The summed E-state index contributed by atoms with van der Waals surface area (Å²) in [6.45, 7) is 2.63. The van der Waals surface area contributed by atoms with E-state index in [2.05, 4.69) is 26.0 Å². The van der Waals surface area contributed by atoms with Crippen molar-refractivity contribution in [3.63, 3.8) is 0 Å². The lowest BCUT2D eigenvalue weighted by molar-refractivity contribution is 0.662. The van der Waals surface area contributed by atoms with E-state index in [0.29, 0.717) is 6.54 Å². The summed E-state index contributed by atoms with van der Waals surface area (Å²) in [6.07, 6.45) is 3.46. The van der Waals surface area contributed by atoms with E-state index in [1.165, 1.54) is 0 Å². The molecule has 2 heterocycles. The maximum Gasteiger partial charge on any atom is 0.115 e. The molecule has 0 unspecified atom stereocenters. The van der Waals surface area contributed by atoms with Gasteiger partial charge in [-0.25, -0.2) is 4.98 Å². The van der Waals surface area contributed by atoms with Gasteiger partial charge in [-0.05, 0) is 22.9 Å². The van der Waals surface area contributed by atoms with E-state index in [0.717, 1.165) is 20.2 Å². The summed E-state index contributed by atoms with van der Waals surface area (Å²) < 4.78 is 2.88. The lowest BCUT2D eigenvalue weighted by atomic mass is 10.4. The maximum atomic E-state index is 5.69. The molecule has 2 aromatic rings. The summed E-state index contributed by atoms with van der Waals surface area (Å²) in [5.41, 5.74) is 7.40. The molecule has 0 saturated carbocycles. The molecule has 0 radical (unpaired) electrons. The maximum absolute atomic E-state index is 5.69. The third-order valence-corrected chi connectivity index (χ3v) is 3.41. The second kappa shape index (κ2) is 3.70. The number of hydrogen-bond acceptors (Lipinski definition) is 4. The molecule has 4 nitrogen and oxygen atoms in total. The predicted molar refractivity (Wildman–Crippen MR) is 60.3 cm³/mol. The minimum Gasteiger partial charge on any atom is -0.396 e. The Hall–Kier alpha value is -0.880. The topological polar surface area (TPSA) is 56.7 Å². The van der Waals surface area contributed by atoms with Crippen LogP contribution in [-0.2, 0) is 6.54 Å². The van der Waals surface area contributed by atoms with Crippen molar-refractivity contribution in [3.8, 4) is 0 Å². The quantitative estimate of drug-likeness (QED) is 0.911. The number of aromatic nitrogens is 3. The molecule has 0 atom stereocenters. The summed E-state index contributed by atoms with van der Waals surface area (Å²) in [7, 11) is 0. The van der Waals surface area contributed by atoms with Crippen molar-refractivity contribution in [2.45, 2.75) is 13.5 Å². The molecule has 0 aliphatic carbocycles. The third kappa shape index (κ3) is 1.80. The number of rotatable bonds is 2. The Labute approximate surface area is 93.9 Å². The highest BCUT2D eigenvalue weighted by Crippen LogP contribution is 2.20. The Morgan fingerprint density at radius 3 is 2.86 bits per heavy atom. The Bertz CT molecular complexity index is 448. The molecular weight excluding hydrogens is 264 g/mol. The Kier molecular flexibility index (Phi) is 2.56. The molecule has 0 aliphatic rings. The van der Waals surface area contributed by atoms with Crippen molar-refractivity contribution >= 4 is 33.0 Å². The van der Waals surface area contributed by atoms with Crippen molar-refractivity contribution in [1.82, 2.24) is 14.8 Å². The molecule has 0 saturated heterocycles. The summed E-state index contributed by atoms with van der Waals surface area (Å²) in [4.78, 5) is 4.23. The van der Waals surface area contributed by atoms with Crippen LogP contribution in [0.25, 0.3) is 0 Å². The summed E-state index contributed by atoms with van der Waals surface area (Å²) >= 11 is 4.98. The molecule has 14 heavy (non-hydrogen) atoms. The van der Waals surface area contributed by atoms with Gasteiger partial charge in [-0.2, -0.15) is 5.10 Å². The molecule has 2 aromatic heterocycles. The molecule has 0 amide bonds. The molecule has 0 aromatic carbocycles. The van der Waals surface area contributed by atoms with Crippen LogP contribution < -0.4 is 5.73 Å². The van der Waals surface area contributed by atoms with Crippen molar-refractivity contribution in [2.75, 3.05) is 5.73 Å². The Morgan fingerprint density at radius 2 is 2.36 bits per heavy atom. The van der Waals surface area contributed by atoms with Crippen LogP contribution in [0.4, 0.5) is 5.69 Å². The second-order valence-corrected chi connectivity index (χ2v) is 5.40. The van der Waals surface area contributed by atoms with E-state index >= 15 is 0 Å². The van der Waals surface area contributed by atoms with Crippen molar-refractivity contribution in [1.29, 1.82) is 0 Å². The Morgan fingerprint density at radius 1 is 1.57 bits per heavy atom. The van der Waals surface area contributed by atoms with Gasteiger partial charge in [-0.15, -0.1) is 11.3 Å². The minimum absolute atomic E-state index is 0.680. The van der Waals surface area contributed by atoms with Crippen LogP contribution in [0.1, 0.15) is 10.7 Å². The van der Waals surface area contributed by atoms with Crippen molar-refractivity contribution in [2.24, 2.45) is 0 Å². The van der Waals surface area contributed by atoms with Gasteiger partial charge in [-0.1, -0.05) is 0 Å². The number of halogens is 1. The average Bonchev–Trinajstić information content (AvgIpc) is 2.67. The number of anilines is 1. The van der Waals surface area contributed by atoms with Gasteiger partial charge in [0, 0.05) is 0 Å². The first-order chi connectivity index (χ1) is 6.66. The largest absolute Gasteiger partial charge is 0.396 e. The summed E-state index contributed by atoms with van der Waals surface area (Å²) in [5.74, 6) is 0. The van der Waals surface area contributed by atoms with E-state index in [9.17, 15) is 0 Å². The van der Waals surface area contributed by atoms with Gasteiger partial charge in [-0.3, -0.25) is 4.68 Å². The highest BCUT2D eigenvalue weighted by atomic mass is 79.9. The number of nitrogen functional groups attached to an aromatic ring is 1. The van der Waals surface area contributed by atoms with Gasteiger partial charge in [0.25, 0.3) is 0 Å². The van der Waals surface area contributed by atoms with Crippen LogP contribution >= 0.6 is 27.3 Å². The fraction of sp³-hybridized carbons (Fsp3) is 0.250. The van der Waals surface area contributed by atoms with E-state index in [4.69, 9.17) is 5.73 Å². The third-order valence-electron chi connectivity index (χ3n) is 1.95. The van der Waals surface area contributed by atoms with Crippen LogP contribution in [-0.4, -0.2) is 14.8 Å². The van der Waals surface area contributed by atoms with Gasteiger partial charge < -0.3 is 5.73 Å². The molecule has 0 aliphatic heterocycles. The normalized spacial score (nSPS) is 10.7. The molecule has 2 N–H and O–H groups in total. The zero-order valence-electron chi connectivity index (χ0n) is 7.57. The number of nitrogens with two attached hydrogens (primary N) is 1. The lowest BCUT2D eigenvalue weighted by Gasteiger charge is -2.00. The Balaban J connectivity index is 2.22. The fourth-order valence-electron chi connectivity index (χ4n) is 1.11. The predicted octanol–water partition coefficient (Wildman–Crippen LogP) is 2.04. The van der Waals surface area contributed by atoms with Crippen molar-refractivity contribution < 1.29 is 0 Å². The molecule has 0 spiro atoms. The second-order valence-electron chi connectivity index (χ2n) is 2.90. The SMILES string of the molecule is Cc1c(N)cnn1Cc1ncc(Br)s1. The summed E-state index contributed by atoms with van der Waals surface area (Å²) in [6, 6.07) is 0. The molecule has 0 bridgehead atoms. The smallest absolute Gasteiger partial charge is 0.115 e. The van der Waals surface area contributed by atoms with E-state index in [-0.39, 0.29) is 0 Å². The fourth-order valence-corrected chi connectivity index (χ4v) is 2.40. The zero-order valence-corrected chi connectivity index (χ0v) is 9.97. The number of hydrogen-bond donors (Lipinski definition) is 1. The van der Waals surface area contributed by atoms with Crippen LogP contribution in [0.15, 0.2) is 16.2 Å². The van der Waals surface area contributed by atoms with Gasteiger partial charge in [0.2, 0.25) is 0 Å². The van der Waals surface area contributed by atoms with Crippen LogP contribution in [0.3, 0.4) is 0 Å². The molecule has 74 valence electrons. The molecule has 0 fully saturated rings. The summed E-state index contributed by atoms with van der Waals surface area (Å²) in [5, 5.41) is 5.18. The van der Waals surface area contributed by atoms with Gasteiger partial charge in [0.15, 0.2) is 0 Å². The van der Waals surface area contributed by atoms with E-state index < -0.39 is 0 Å². The highest BCUT2D eigenvalue weighted by molar-refractivity contribution is 9.11. The van der Waals surface area contributed by atoms with Crippen molar-refractivity contribution in [3.05, 3.63) is 26.9 Å². The van der Waals surface area contributed by atoms with Crippen LogP contribution in [0.5, 0.6) is 0 Å². The first-order valence-electron chi connectivity index (χ1n) is 4.05. The number of nitrogens with zero attached hydrogens (tertiary/aromatic N) is 3. The standard InChI is InChI=1S/C8H9BrN4S/c1-5-6(10)2-12-13(5)4-8-11-3-7(9)14-8/h2-3H,4,10H2,1H3. The van der Waals surface area contributed by atoms with E-state index in [1.807, 2.05) is 11.6 Å². The first-order valence-corrected chi connectivity index (χ1v) is 5.66. The molecule has 6 heteroatoms. The number of thiazole rings is 1. The van der Waals surface area contributed by atoms with E-state index in [1.54, 1.807) is 23.7 Å².